The van der Waals surface area contributed by atoms with E-state index in [1.54, 1.807) is 31.4 Å². The van der Waals surface area contributed by atoms with Gasteiger partial charge in [0.25, 0.3) is 0 Å². The molecule has 2 N–H and O–H groups in total. The number of anilines is 1. The van der Waals surface area contributed by atoms with Gasteiger partial charge in [0.2, 0.25) is 10.0 Å². The van der Waals surface area contributed by atoms with Crippen LogP contribution in [0.2, 0.25) is 0 Å². The van der Waals surface area contributed by atoms with Gasteiger partial charge in [-0.15, -0.1) is 0 Å². The Hall–Kier alpha value is -2.05. The van der Waals surface area contributed by atoms with Crippen LogP contribution in [-0.2, 0) is 23.1 Å². The van der Waals surface area contributed by atoms with E-state index in [1.807, 2.05) is 24.3 Å². The molecule has 0 saturated carbocycles. The number of rotatable bonds is 7. The van der Waals surface area contributed by atoms with Gasteiger partial charge in [0, 0.05) is 5.69 Å². The molecule has 0 aliphatic carbocycles. The first-order valence-corrected chi connectivity index (χ1v) is 8.51. The van der Waals surface area contributed by atoms with Gasteiger partial charge in [-0.05, 0) is 41.8 Å². The molecule has 0 atom stereocenters. The van der Waals surface area contributed by atoms with E-state index in [-0.39, 0.29) is 12.4 Å². The number of nitrogens with one attached hydrogen (secondary N) is 1. The van der Waals surface area contributed by atoms with Gasteiger partial charge < -0.3 is 9.84 Å². The molecule has 0 radical (unpaired) electrons. The van der Waals surface area contributed by atoms with Crippen molar-refractivity contribution in [3.63, 3.8) is 0 Å². The molecule has 2 aromatic rings. The number of sulfonamides is 1. The third-order valence-corrected chi connectivity index (χ3v) is 4.52. The van der Waals surface area contributed by atoms with Gasteiger partial charge in [0.15, 0.2) is 0 Å². The molecule has 0 aliphatic heterocycles. The third kappa shape index (κ3) is 4.75. The summed E-state index contributed by atoms with van der Waals surface area (Å²) in [5.41, 5.74) is 2.16. The summed E-state index contributed by atoms with van der Waals surface area (Å²) in [6, 6.07) is 14.0. The van der Waals surface area contributed by atoms with E-state index in [0.29, 0.717) is 12.1 Å². The summed E-state index contributed by atoms with van der Waals surface area (Å²) in [7, 11) is -1.82. The second-order valence-corrected chi connectivity index (χ2v) is 6.72. The van der Waals surface area contributed by atoms with E-state index in [4.69, 9.17) is 9.84 Å². The lowest BCUT2D eigenvalue weighted by Crippen LogP contribution is -2.18. The van der Waals surface area contributed by atoms with Crippen molar-refractivity contribution in [2.75, 3.05) is 17.6 Å². The van der Waals surface area contributed by atoms with Crippen molar-refractivity contribution >= 4 is 15.7 Å². The number of hydrogen-bond acceptors (Lipinski definition) is 4. The summed E-state index contributed by atoms with van der Waals surface area (Å²) >= 11 is 0. The van der Waals surface area contributed by atoms with E-state index in [0.717, 1.165) is 16.9 Å². The Morgan fingerprint density at radius 3 is 2.14 bits per heavy atom. The number of methoxy groups -OCH3 is 1. The molecule has 5 nitrogen and oxygen atoms in total. The third-order valence-electron chi connectivity index (χ3n) is 3.23. The summed E-state index contributed by atoms with van der Waals surface area (Å²) in [6.07, 6.45) is 0.425. The van der Waals surface area contributed by atoms with Crippen LogP contribution in [0, 0.1) is 0 Å². The molecule has 6 heteroatoms. The van der Waals surface area contributed by atoms with E-state index in [9.17, 15) is 8.42 Å². The van der Waals surface area contributed by atoms with Crippen molar-refractivity contribution in [3.8, 4) is 5.75 Å². The van der Waals surface area contributed by atoms with Gasteiger partial charge in [0.05, 0.1) is 19.5 Å². The molecule has 0 heterocycles. The maximum absolute atomic E-state index is 12.1. The average Bonchev–Trinajstić information content (AvgIpc) is 2.54. The van der Waals surface area contributed by atoms with Crippen molar-refractivity contribution in [3.05, 3.63) is 59.7 Å². The van der Waals surface area contributed by atoms with Crippen LogP contribution in [0.1, 0.15) is 11.1 Å². The lowest BCUT2D eigenvalue weighted by Gasteiger charge is -2.09. The summed E-state index contributed by atoms with van der Waals surface area (Å²) < 4.78 is 31.7. The number of hydrogen-bond donors (Lipinski definition) is 2. The topological polar surface area (TPSA) is 75.6 Å². The number of benzene rings is 2. The minimum Gasteiger partial charge on any atom is -0.497 e. The van der Waals surface area contributed by atoms with Gasteiger partial charge >= 0.3 is 0 Å². The van der Waals surface area contributed by atoms with Crippen molar-refractivity contribution in [1.82, 2.24) is 0 Å². The number of aliphatic hydroxyl groups excluding tert-OH is 1. The van der Waals surface area contributed by atoms with Gasteiger partial charge in [0.1, 0.15) is 5.75 Å². The highest BCUT2D eigenvalue weighted by Gasteiger charge is 2.10. The summed E-state index contributed by atoms with van der Waals surface area (Å²) in [4.78, 5) is 0. The highest BCUT2D eigenvalue weighted by molar-refractivity contribution is 7.92. The van der Waals surface area contributed by atoms with Crippen LogP contribution in [0.15, 0.2) is 48.5 Å². The van der Waals surface area contributed by atoms with E-state index in [2.05, 4.69) is 4.72 Å². The minimum atomic E-state index is -3.41. The number of aryl methyl sites for hydroxylation is 1. The molecule has 0 amide bonds. The normalized spacial score (nSPS) is 11.2. The fraction of sp³-hybridized carbons (Fsp3) is 0.250. The van der Waals surface area contributed by atoms with Crippen molar-refractivity contribution < 1.29 is 18.3 Å². The molecule has 2 aromatic carbocycles. The Morgan fingerprint density at radius 1 is 1.00 bits per heavy atom. The zero-order chi connectivity index (χ0) is 16.0. The number of aliphatic hydroxyl groups is 1. The SMILES string of the molecule is COc1ccc(CCS(=O)(=O)Nc2ccc(CO)cc2)cc1. The Kier molecular flexibility index (Phi) is 5.41. The maximum atomic E-state index is 12.1. The summed E-state index contributed by atoms with van der Waals surface area (Å²) in [5, 5.41) is 8.96. The fourth-order valence-corrected chi connectivity index (χ4v) is 3.05. The molecule has 0 bridgehead atoms. The molecule has 0 aromatic heterocycles. The van der Waals surface area contributed by atoms with Crippen LogP contribution >= 0.6 is 0 Å². The molecular formula is C16H19NO4S. The molecule has 0 saturated heterocycles. The molecule has 0 spiro atoms. The lowest BCUT2D eigenvalue weighted by atomic mass is 10.2. The molecule has 2 rings (SSSR count). The molecule has 0 fully saturated rings. The van der Waals surface area contributed by atoms with Gasteiger partial charge in [-0.1, -0.05) is 24.3 Å². The van der Waals surface area contributed by atoms with Gasteiger partial charge in [-0.25, -0.2) is 8.42 Å². The molecular weight excluding hydrogens is 302 g/mol. The van der Waals surface area contributed by atoms with Gasteiger partial charge in [-0.2, -0.15) is 0 Å². The quantitative estimate of drug-likeness (QED) is 0.819. The average molecular weight is 321 g/mol. The molecule has 118 valence electrons. The van der Waals surface area contributed by atoms with Crippen LogP contribution in [0.5, 0.6) is 5.75 Å². The lowest BCUT2D eigenvalue weighted by molar-refractivity contribution is 0.282. The van der Waals surface area contributed by atoms with Crippen molar-refractivity contribution in [2.24, 2.45) is 0 Å². The zero-order valence-corrected chi connectivity index (χ0v) is 13.1. The number of ether oxygens (including phenoxy) is 1. The van der Waals surface area contributed by atoms with Crippen LogP contribution in [0.3, 0.4) is 0 Å². The van der Waals surface area contributed by atoms with E-state index in [1.165, 1.54) is 0 Å². The van der Waals surface area contributed by atoms with Crippen LogP contribution in [-0.4, -0.2) is 26.4 Å². The fourth-order valence-electron chi connectivity index (χ4n) is 1.95. The predicted octanol–water partition coefficient (Wildman–Crippen LogP) is 2.17. The standard InChI is InChI=1S/C16H19NO4S/c1-21-16-8-4-13(5-9-16)10-11-22(19,20)17-15-6-2-14(12-18)3-7-15/h2-9,17-18H,10-12H2,1H3. The molecule has 0 aliphatic rings. The molecule has 22 heavy (non-hydrogen) atoms. The van der Waals surface area contributed by atoms with Crippen LogP contribution in [0.4, 0.5) is 5.69 Å². The van der Waals surface area contributed by atoms with E-state index >= 15 is 0 Å². The minimum absolute atomic E-state index is 0.00107. The summed E-state index contributed by atoms with van der Waals surface area (Å²) in [5.74, 6) is 0.745. The second kappa shape index (κ2) is 7.29. The van der Waals surface area contributed by atoms with Crippen LogP contribution < -0.4 is 9.46 Å². The highest BCUT2D eigenvalue weighted by Crippen LogP contribution is 2.14. The first-order chi connectivity index (χ1) is 10.5. The van der Waals surface area contributed by atoms with Crippen LogP contribution in [0.25, 0.3) is 0 Å². The highest BCUT2D eigenvalue weighted by atomic mass is 32.2. The van der Waals surface area contributed by atoms with E-state index < -0.39 is 10.0 Å². The molecule has 0 unspecified atom stereocenters. The Balaban J connectivity index is 1.94. The van der Waals surface area contributed by atoms with Crippen molar-refractivity contribution in [2.45, 2.75) is 13.0 Å². The Bertz CT molecular complexity index is 694. The van der Waals surface area contributed by atoms with Crippen molar-refractivity contribution in [1.29, 1.82) is 0 Å². The first kappa shape index (κ1) is 16.3. The maximum Gasteiger partial charge on any atom is 0.233 e. The second-order valence-electron chi connectivity index (χ2n) is 4.87. The Morgan fingerprint density at radius 2 is 1.59 bits per heavy atom. The van der Waals surface area contributed by atoms with Gasteiger partial charge in [-0.3, -0.25) is 4.72 Å². The Labute approximate surface area is 130 Å². The zero-order valence-electron chi connectivity index (χ0n) is 12.3. The largest absolute Gasteiger partial charge is 0.497 e. The monoisotopic (exact) mass is 321 g/mol. The predicted molar refractivity (Wildman–Crippen MR) is 86.5 cm³/mol. The smallest absolute Gasteiger partial charge is 0.233 e. The summed E-state index contributed by atoms with van der Waals surface area (Å²) in [6.45, 7) is -0.0650. The first-order valence-electron chi connectivity index (χ1n) is 6.85.